The number of nitro groups is 1. The predicted octanol–water partition coefficient (Wildman–Crippen LogP) is 2.77. The highest BCUT2D eigenvalue weighted by molar-refractivity contribution is 5.63. The highest BCUT2D eigenvalue weighted by atomic mass is 19.1. The summed E-state index contributed by atoms with van der Waals surface area (Å²) >= 11 is 0. The van der Waals surface area contributed by atoms with E-state index in [9.17, 15) is 14.5 Å². The standard InChI is InChI=1S/C13H12FN3O2/c1-16(9-10-4-6-15-7-5-10)13-8-11(14)2-3-12(13)17(18)19/h2-8H,9H2,1H3. The normalized spacial score (nSPS) is 10.2. The van der Waals surface area contributed by atoms with Crippen molar-refractivity contribution in [3.8, 4) is 0 Å². The monoisotopic (exact) mass is 261 g/mol. The van der Waals surface area contributed by atoms with Crippen molar-refractivity contribution in [2.45, 2.75) is 6.54 Å². The van der Waals surface area contributed by atoms with Gasteiger partial charge < -0.3 is 4.90 Å². The van der Waals surface area contributed by atoms with Gasteiger partial charge in [0.1, 0.15) is 11.5 Å². The number of nitrogens with zero attached hydrogens (tertiary/aromatic N) is 3. The molecular weight excluding hydrogens is 249 g/mol. The maximum atomic E-state index is 13.3. The Hall–Kier alpha value is -2.50. The van der Waals surface area contributed by atoms with Crippen LogP contribution in [-0.4, -0.2) is 17.0 Å². The van der Waals surface area contributed by atoms with Crippen LogP contribution in [0.1, 0.15) is 5.56 Å². The Morgan fingerprint density at radius 1 is 1.32 bits per heavy atom. The third-order valence-corrected chi connectivity index (χ3v) is 2.71. The first-order valence-electron chi connectivity index (χ1n) is 5.62. The number of rotatable bonds is 4. The van der Waals surface area contributed by atoms with Crippen LogP contribution in [0.4, 0.5) is 15.8 Å². The summed E-state index contributed by atoms with van der Waals surface area (Å²) in [6.07, 6.45) is 3.28. The maximum absolute atomic E-state index is 13.3. The van der Waals surface area contributed by atoms with Gasteiger partial charge in [-0.1, -0.05) is 0 Å². The van der Waals surface area contributed by atoms with Crippen molar-refractivity contribution in [2.75, 3.05) is 11.9 Å². The Balaban J connectivity index is 2.30. The number of hydrogen-bond donors (Lipinski definition) is 0. The Bertz CT molecular complexity index is 590. The summed E-state index contributed by atoms with van der Waals surface area (Å²) in [7, 11) is 1.68. The molecule has 0 N–H and O–H groups in total. The summed E-state index contributed by atoms with van der Waals surface area (Å²) in [5.74, 6) is -0.498. The summed E-state index contributed by atoms with van der Waals surface area (Å²) in [6, 6.07) is 7.04. The fourth-order valence-electron chi connectivity index (χ4n) is 1.80. The largest absolute Gasteiger partial charge is 0.365 e. The van der Waals surface area contributed by atoms with E-state index in [0.29, 0.717) is 6.54 Å². The minimum atomic E-state index is -0.516. The van der Waals surface area contributed by atoms with Gasteiger partial charge in [0.2, 0.25) is 0 Å². The Kier molecular flexibility index (Phi) is 3.70. The van der Waals surface area contributed by atoms with Crippen LogP contribution < -0.4 is 4.90 Å². The van der Waals surface area contributed by atoms with E-state index < -0.39 is 10.7 Å². The van der Waals surface area contributed by atoms with Gasteiger partial charge in [-0.25, -0.2) is 4.39 Å². The lowest BCUT2D eigenvalue weighted by Crippen LogP contribution is -2.17. The molecule has 0 radical (unpaired) electrons. The van der Waals surface area contributed by atoms with Crippen molar-refractivity contribution in [3.05, 3.63) is 64.2 Å². The van der Waals surface area contributed by atoms with Crippen molar-refractivity contribution < 1.29 is 9.31 Å². The topological polar surface area (TPSA) is 59.3 Å². The minimum absolute atomic E-state index is 0.113. The van der Waals surface area contributed by atoms with E-state index in [1.807, 2.05) is 12.1 Å². The van der Waals surface area contributed by atoms with Gasteiger partial charge in [0.15, 0.2) is 0 Å². The molecule has 0 fully saturated rings. The summed E-state index contributed by atoms with van der Waals surface area (Å²) in [6.45, 7) is 0.437. The molecule has 1 aromatic carbocycles. The number of anilines is 1. The second-order valence-corrected chi connectivity index (χ2v) is 4.10. The van der Waals surface area contributed by atoms with Gasteiger partial charge in [-0.3, -0.25) is 15.1 Å². The summed E-state index contributed by atoms with van der Waals surface area (Å²) in [4.78, 5) is 16.0. The van der Waals surface area contributed by atoms with Crippen molar-refractivity contribution in [3.63, 3.8) is 0 Å². The molecule has 1 aromatic heterocycles. The predicted molar refractivity (Wildman–Crippen MR) is 69.4 cm³/mol. The average Bonchev–Trinajstić information content (AvgIpc) is 2.39. The molecule has 1 heterocycles. The van der Waals surface area contributed by atoms with Crippen molar-refractivity contribution >= 4 is 11.4 Å². The number of halogens is 1. The van der Waals surface area contributed by atoms with E-state index in [4.69, 9.17) is 0 Å². The van der Waals surface area contributed by atoms with Crippen LogP contribution >= 0.6 is 0 Å². The van der Waals surface area contributed by atoms with E-state index in [1.54, 1.807) is 24.3 Å². The fraction of sp³-hybridized carbons (Fsp3) is 0.154. The number of hydrogen-bond acceptors (Lipinski definition) is 4. The molecule has 0 aliphatic rings. The molecule has 5 nitrogen and oxygen atoms in total. The van der Waals surface area contributed by atoms with Crippen LogP contribution in [0, 0.1) is 15.9 Å². The molecule has 0 spiro atoms. The van der Waals surface area contributed by atoms with Crippen LogP contribution in [0.3, 0.4) is 0 Å². The maximum Gasteiger partial charge on any atom is 0.292 e. The van der Waals surface area contributed by atoms with Crippen LogP contribution in [0.5, 0.6) is 0 Å². The van der Waals surface area contributed by atoms with Crippen LogP contribution in [0.2, 0.25) is 0 Å². The number of benzene rings is 1. The zero-order chi connectivity index (χ0) is 13.8. The molecule has 0 aliphatic heterocycles. The molecular formula is C13H12FN3O2. The van der Waals surface area contributed by atoms with Crippen molar-refractivity contribution in [1.82, 2.24) is 4.98 Å². The molecule has 19 heavy (non-hydrogen) atoms. The zero-order valence-electron chi connectivity index (χ0n) is 10.3. The van der Waals surface area contributed by atoms with Gasteiger partial charge in [-0.15, -0.1) is 0 Å². The molecule has 0 amide bonds. The molecule has 0 aliphatic carbocycles. The highest BCUT2D eigenvalue weighted by Crippen LogP contribution is 2.28. The molecule has 0 bridgehead atoms. The first kappa shape index (κ1) is 12.9. The summed E-state index contributed by atoms with van der Waals surface area (Å²) in [5, 5.41) is 10.9. The second-order valence-electron chi connectivity index (χ2n) is 4.10. The number of pyridine rings is 1. The molecule has 0 saturated carbocycles. The Morgan fingerprint density at radius 2 is 2.00 bits per heavy atom. The fourth-order valence-corrected chi connectivity index (χ4v) is 1.80. The highest BCUT2D eigenvalue weighted by Gasteiger charge is 2.17. The molecule has 2 aromatic rings. The van der Waals surface area contributed by atoms with Crippen LogP contribution in [-0.2, 0) is 6.54 Å². The molecule has 0 unspecified atom stereocenters. The first-order valence-corrected chi connectivity index (χ1v) is 5.62. The van der Waals surface area contributed by atoms with E-state index >= 15 is 0 Å². The third-order valence-electron chi connectivity index (χ3n) is 2.71. The SMILES string of the molecule is CN(Cc1ccncc1)c1cc(F)ccc1[N+](=O)[O-]. The quantitative estimate of drug-likeness (QED) is 0.627. The van der Waals surface area contributed by atoms with E-state index in [0.717, 1.165) is 11.6 Å². The van der Waals surface area contributed by atoms with Crippen molar-refractivity contribution in [2.24, 2.45) is 0 Å². The Labute approximate surface area is 109 Å². The molecule has 6 heteroatoms. The number of nitro benzene ring substituents is 1. The lowest BCUT2D eigenvalue weighted by molar-refractivity contribution is -0.384. The molecule has 98 valence electrons. The smallest absolute Gasteiger partial charge is 0.292 e. The summed E-state index contributed by atoms with van der Waals surface area (Å²) < 4.78 is 13.3. The average molecular weight is 261 g/mol. The van der Waals surface area contributed by atoms with E-state index in [1.165, 1.54) is 12.1 Å². The van der Waals surface area contributed by atoms with Gasteiger partial charge in [-0.2, -0.15) is 0 Å². The van der Waals surface area contributed by atoms with Crippen LogP contribution in [0.25, 0.3) is 0 Å². The van der Waals surface area contributed by atoms with Gasteiger partial charge in [-0.05, 0) is 23.8 Å². The van der Waals surface area contributed by atoms with E-state index in [-0.39, 0.29) is 11.4 Å². The Morgan fingerprint density at radius 3 is 2.63 bits per heavy atom. The lowest BCUT2D eigenvalue weighted by atomic mass is 10.2. The minimum Gasteiger partial charge on any atom is -0.365 e. The van der Waals surface area contributed by atoms with Gasteiger partial charge in [0.05, 0.1) is 4.92 Å². The first-order chi connectivity index (χ1) is 9.08. The lowest BCUT2D eigenvalue weighted by Gasteiger charge is -2.19. The second kappa shape index (κ2) is 5.43. The zero-order valence-corrected chi connectivity index (χ0v) is 10.3. The molecule has 2 rings (SSSR count). The van der Waals surface area contributed by atoms with Crippen molar-refractivity contribution in [1.29, 1.82) is 0 Å². The summed E-state index contributed by atoms with van der Waals surface area (Å²) in [5.41, 5.74) is 1.08. The van der Waals surface area contributed by atoms with E-state index in [2.05, 4.69) is 4.98 Å². The van der Waals surface area contributed by atoms with Gasteiger partial charge >= 0.3 is 0 Å². The molecule has 0 atom stereocenters. The molecule has 0 saturated heterocycles. The number of aromatic nitrogens is 1. The van der Waals surface area contributed by atoms with Crippen LogP contribution in [0.15, 0.2) is 42.7 Å². The van der Waals surface area contributed by atoms with Gasteiger partial charge in [0, 0.05) is 38.1 Å². The third kappa shape index (κ3) is 3.04. The van der Waals surface area contributed by atoms with Gasteiger partial charge in [0.25, 0.3) is 5.69 Å².